The zero-order chi connectivity index (χ0) is 20.0. The number of unbranched alkanes of at least 4 members (excludes halogenated alkanes) is 11. The third-order valence-corrected chi connectivity index (χ3v) is 4.83. The summed E-state index contributed by atoms with van der Waals surface area (Å²) >= 11 is 5.63. The van der Waals surface area contributed by atoms with E-state index in [1.54, 1.807) is 0 Å². The molecule has 0 unspecified atom stereocenters. The number of esters is 2. The third-order valence-electron chi connectivity index (χ3n) is 4.56. The van der Waals surface area contributed by atoms with Gasteiger partial charge < -0.3 is 9.47 Å². The molecule has 0 saturated heterocycles. The van der Waals surface area contributed by atoms with Gasteiger partial charge in [-0.2, -0.15) is 0 Å². The monoisotopic (exact) mass is 404 g/mol. The maximum Gasteiger partial charge on any atom is 0.305 e. The molecule has 0 saturated carbocycles. The number of carbonyl (C=O) groups excluding carboxylic acids is 2. The van der Waals surface area contributed by atoms with Gasteiger partial charge in [-0.3, -0.25) is 9.59 Å². The molecule has 0 aliphatic carbocycles. The minimum Gasteiger partial charge on any atom is -0.466 e. The average Bonchev–Trinajstić information content (AvgIpc) is 2.66. The van der Waals surface area contributed by atoms with E-state index in [9.17, 15) is 9.59 Å². The van der Waals surface area contributed by atoms with E-state index < -0.39 is 0 Å². The highest BCUT2D eigenvalue weighted by Gasteiger charge is 2.06. The molecule has 27 heavy (non-hydrogen) atoms. The second kappa shape index (κ2) is 21.5. The molecule has 0 radical (unpaired) electrons. The summed E-state index contributed by atoms with van der Waals surface area (Å²) in [5, 5.41) is 0. The van der Waals surface area contributed by atoms with E-state index in [4.69, 9.17) is 21.1 Å². The van der Waals surface area contributed by atoms with Gasteiger partial charge in [-0.1, -0.05) is 64.7 Å². The number of carbonyl (C=O) groups is 2. The lowest BCUT2D eigenvalue weighted by atomic mass is 10.1. The molecule has 0 aliphatic rings. The van der Waals surface area contributed by atoms with Crippen molar-refractivity contribution in [2.24, 2.45) is 0 Å². The Morgan fingerprint density at radius 2 is 1.00 bits per heavy atom. The lowest BCUT2D eigenvalue weighted by Crippen LogP contribution is -2.08. The van der Waals surface area contributed by atoms with Crippen LogP contribution in [0.3, 0.4) is 0 Å². The molecular weight excluding hydrogens is 364 g/mol. The van der Waals surface area contributed by atoms with Crippen LogP contribution >= 0.6 is 11.6 Å². The molecular formula is C22H41ClO4. The van der Waals surface area contributed by atoms with Gasteiger partial charge >= 0.3 is 11.9 Å². The smallest absolute Gasteiger partial charge is 0.305 e. The Labute approximate surface area is 171 Å². The van der Waals surface area contributed by atoms with Gasteiger partial charge in [0, 0.05) is 18.7 Å². The number of ether oxygens (including phenoxy) is 2. The molecule has 0 aromatic heterocycles. The van der Waals surface area contributed by atoms with E-state index in [2.05, 4.69) is 6.92 Å². The van der Waals surface area contributed by atoms with Crippen LogP contribution in [0, 0.1) is 0 Å². The van der Waals surface area contributed by atoms with E-state index in [1.165, 1.54) is 44.9 Å². The molecule has 160 valence electrons. The molecule has 0 fully saturated rings. The van der Waals surface area contributed by atoms with Crippen LogP contribution in [0.15, 0.2) is 0 Å². The maximum atomic E-state index is 11.6. The molecule has 0 amide bonds. The van der Waals surface area contributed by atoms with Crippen molar-refractivity contribution in [1.82, 2.24) is 0 Å². The largest absolute Gasteiger partial charge is 0.466 e. The lowest BCUT2D eigenvalue weighted by Gasteiger charge is -2.06. The topological polar surface area (TPSA) is 52.6 Å². The van der Waals surface area contributed by atoms with Crippen LogP contribution in [0.2, 0.25) is 0 Å². The fourth-order valence-corrected chi connectivity index (χ4v) is 3.03. The highest BCUT2D eigenvalue weighted by molar-refractivity contribution is 6.17. The van der Waals surface area contributed by atoms with Crippen molar-refractivity contribution in [1.29, 1.82) is 0 Å². The fourth-order valence-electron chi connectivity index (χ4n) is 2.84. The molecule has 5 heteroatoms. The summed E-state index contributed by atoms with van der Waals surface area (Å²) < 4.78 is 10.4. The van der Waals surface area contributed by atoms with Gasteiger partial charge in [0.25, 0.3) is 0 Å². The summed E-state index contributed by atoms with van der Waals surface area (Å²) in [7, 11) is 0. The quantitative estimate of drug-likeness (QED) is 0.131. The Morgan fingerprint density at radius 1 is 0.593 bits per heavy atom. The van der Waals surface area contributed by atoms with Gasteiger partial charge in [0.05, 0.1) is 13.2 Å². The first-order chi connectivity index (χ1) is 13.2. The maximum absolute atomic E-state index is 11.6. The SMILES string of the molecule is CCCCCCCCOC(=O)CCCCC(=O)OCCCCCCCCCl. The first-order valence-electron chi connectivity index (χ1n) is 11.1. The number of hydrogen-bond donors (Lipinski definition) is 0. The Morgan fingerprint density at radius 3 is 1.44 bits per heavy atom. The first-order valence-corrected chi connectivity index (χ1v) is 11.6. The average molecular weight is 405 g/mol. The fraction of sp³-hybridized carbons (Fsp3) is 0.909. The van der Waals surface area contributed by atoms with Crippen LogP contribution in [0.1, 0.15) is 110 Å². The molecule has 0 aliphatic heterocycles. The van der Waals surface area contributed by atoms with E-state index in [1.807, 2.05) is 0 Å². The lowest BCUT2D eigenvalue weighted by molar-refractivity contribution is -0.146. The van der Waals surface area contributed by atoms with E-state index >= 15 is 0 Å². The van der Waals surface area contributed by atoms with Crippen molar-refractivity contribution in [3.8, 4) is 0 Å². The second-order valence-corrected chi connectivity index (χ2v) is 7.60. The molecule has 0 rings (SSSR count). The summed E-state index contributed by atoms with van der Waals surface area (Å²) in [5.41, 5.74) is 0. The minimum absolute atomic E-state index is 0.147. The number of alkyl halides is 1. The summed E-state index contributed by atoms with van der Waals surface area (Å²) in [6.07, 6.45) is 15.9. The number of halogens is 1. The van der Waals surface area contributed by atoms with Crippen LogP contribution in [-0.2, 0) is 19.1 Å². The van der Waals surface area contributed by atoms with Crippen molar-refractivity contribution in [3.63, 3.8) is 0 Å². The van der Waals surface area contributed by atoms with E-state index in [0.29, 0.717) is 38.9 Å². The Kier molecular flexibility index (Phi) is 20.9. The molecule has 0 spiro atoms. The Hall–Kier alpha value is -0.770. The standard InChI is InChI=1S/C22H41ClO4/c1-2-3-4-5-9-14-19-26-21(24)16-11-12-17-22(25)27-20-15-10-7-6-8-13-18-23/h2-20H2,1H3. The predicted octanol–water partition coefficient (Wildman–Crippen LogP) is 6.57. The van der Waals surface area contributed by atoms with Crippen LogP contribution in [0.4, 0.5) is 0 Å². The molecule has 0 atom stereocenters. The third kappa shape index (κ3) is 21.4. The molecule has 0 aromatic rings. The van der Waals surface area contributed by atoms with Crippen molar-refractivity contribution < 1.29 is 19.1 Å². The van der Waals surface area contributed by atoms with E-state index in [0.717, 1.165) is 38.0 Å². The Balaban J connectivity index is 3.30. The first kappa shape index (κ1) is 26.2. The van der Waals surface area contributed by atoms with Crippen molar-refractivity contribution in [2.45, 2.75) is 110 Å². The zero-order valence-corrected chi connectivity index (χ0v) is 18.2. The molecule has 4 nitrogen and oxygen atoms in total. The highest BCUT2D eigenvalue weighted by Crippen LogP contribution is 2.08. The van der Waals surface area contributed by atoms with Crippen molar-refractivity contribution >= 4 is 23.5 Å². The van der Waals surface area contributed by atoms with Gasteiger partial charge in [0.15, 0.2) is 0 Å². The summed E-state index contributed by atoms with van der Waals surface area (Å²) in [4.78, 5) is 23.2. The van der Waals surface area contributed by atoms with Crippen LogP contribution in [0.25, 0.3) is 0 Å². The summed E-state index contributed by atoms with van der Waals surface area (Å²) in [6.45, 7) is 3.24. The molecule has 0 aromatic carbocycles. The van der Waals surface area contributed by atoms with Gasteiger partial charge in [0.1, 0.15) is 0 Å². The van der Waals surface area contributed by atoms with Gasteiger partial charge in [0.2, 0.25) is 0 Å². The van der Waals surface area contributed by atoms with Gasteiger partial charge in [-0.05, 0) is 32.1 Å². The molecule has 0 N–H and O–H groups in total. The number of hydrogen-bond acceptors (Lipinski definition) is 4. The molecule has 0 heterocycles. The number of rotatable bonds is 20. The van der Waals surface area contributed by atoms with Crippen molar-refractivity contribution in [3.05, 3.63) is 0 Å². The minimum atomic E-state index is -0.155. The Bertz CT molecular complexity index is 347. The summed E-state index contributed by atoms with van der Waals surface area (Å²) in [6, 6.07) is 0. The van der Waals surface area contributed by atoms with Crippen LogP contribution in [0.5, 0.6) is 0 Å². The highest BCUT2D eigenvalue weighted by atomic mass is 35.5. The van der Waals surface area contributed by atoms with Gasteiger partial charge in [-0.25, -0.2) is 0 Å². The van der Waals surface area contributed by atoms with Gasteiger partial charge in [-0.15, -0.1) is 11.6 Å². The normalized spacial score (nSPS) is 10.7. The van der Waals surface area contributed by atoms with E-state index in [-0.39, 0.29) is 11.9 Å². The van der Waals surface area contributed by atoms with Crippen molar-refractivity contribution in [2.75, 3.05) is 19.1 Å². The summed E-state index contributed by atoms with van der Waals surface area (Å²) in [5.74, 6) is 0.442. The van der Waals surface area contributed by atoms with Crippen LogP contribution < -0.4 is 0 Å². The zero-order valence-electron chi connectivity index (χ0n) is 17.4. The van der Waals surface area contributed by atoms with Crippen LogP contribution in [-0.4, -0.2) is 31.0 Å². The predicted molar refractivity (Wildman–Crippen MR) is 112 cm³/mol. The molecule has 0 bridgehead atoms. The second-order valence-electron chi connectivity index (χ2n) is 7.23.